The summed E-state index contributed by atoms with van der Waals surface area (Å²) < 4.78 is 5.26. The SMILES string of the molecule is CCCC1(OC#N)CCC(C)CC1. The van der Waals surface area contributed by atoms with Crippen LogP contribution in [0, 0.1) is 17.4 Å². The van der Waals surface area contributed by atoms with Crippen molar-refractivity contribution >= 4 is 0 Å². The van der Waals surface area contributed by atoms with Gasteiger partial charge in [-0.05, 0) is 38.0 Å². The Morgan fingerprint density at radius 1 is 1.46 bits per heavy atom. The average molecular weight is 181 g/mol. The second-order valence-corrected chi connectivity index (χ2v) is 4.31. The first-order chi connectivity index (χ1) is 6.22. The van der Waals surface area contributed by atoms with Gasteiger partial charge < -0.3 is 4.74 Å². The van der Waals surface area contributed by atoms with Crippen LogP contribution in [0.5, 0.6) is 0 Å². The zero-order valence-electron chi connectivity index (χ0n) is 8.68. The monoisotopic (exact) mass is 181 g/mol. The molecule has 2 nitrogen and oxygen atoms in total. The first kappa shape index (κ1) is 10.4. The predicted molar refractivity (Wildman–Crippen MR) is 52.0 cm³/mol. The van der Waals surface area contributed by atoms with E-state index in [1.807, 2.05) is 6.26 Å². The fraction of sp³-hybridized carbons (Fsp3) is 0.909. The van der Waals surface area contributed by atoms with Gasteiger partial charge in [0.2, 0.25) is 0 Å². The second kappa shape index (κ2) is 4.50. The minimum absolute atomic E-state index is 0.101. The molecule has 0 aromatic heterocycles. The van der Waals surface area contributed by atoms with E-state index in [4.69, 9.17) is 10.00 Å². The van der Waals surface area contributed by atoms with Crippen molar-refractivity contribution in [3.05, 3.63) is 0 Å². The largest absolute Gasteiger partial charge is 0.421 e. The lowest BCUT2D eigenvalue weighted by Crippen LogP contribution is -2.35. The molecule has 0 atom stereocenters. The first-order valence-electron chi connectivity index (χ1n) is 5.29. The molecule has 1 fully saturated rings. The van der Waals surface area contributed by atoms with Crippen molar-refractivity contribution in [2.75, 3.05) is 0 Å². The van der Waals surface area contributed by atoms with Gasteiger partial charge in [0.05, 0.1) is 0 Å². The van der Waals surface area contributed by atoms with Gasteiger partial charge >= 0.3 is 0 Å². The normalized spacial score (nSPS) is 33.8. The van der Waals surface area contributed by atoms with Crippen LogP contribution in [0.4, 0.5) is 0 Å². The van der Waals surface area contributed by atoms with Gasteiger partial charge in [-0.2, -0.15) is 5.26 Å². The molecule has 1 saturated carbocycles. The van der Waals surface area contributed by atoms with Crippen molar-refractivity contribution in [2.24, 2.45) is 5.92 Å². The molecular formula is C11H19NO. The summed E-state index contributed by atoms with van der Waals surface area (Å²) in [7, 11) is 0. The summed E-state index contributed by atoms with van der Waals surface area (Å²) in [6, 6.07) is 0. The van der Waals surface area contributed by atoms with Gasteiger partial charge in [-0.3, -0.25) is 0 Å². The quantitative estimate of drug-likeness (QED) is 0.626. The van der Waals surface area contributed by atoms with Crippen molar-refractivity contribution in [3.8, 4) is 6.26 Å². The summed E-state index contributed by atoms with van der Waals surface area (Å²) in [5.74, 6) is 0.812. The highest BCUT2D eigenvalue weighted by atomic mass is 16.5. The van der Waals surface area contributed by atoms with Crippen molar-refractivity contribution in [1.82, 2.24) is 0 Å². The van der Waals surface area contributed by atoms with Crippen molar-refractivity contribution in [1.29, 1.82) is 5.26 Å². The van der Waals surface area contributed by atoms with Crippen LogP contribution in [0.15, 0.2) is 0 Å². The van der Waals surface area contributed by atoms with Gasteiger partial charge in [-0.1, -0.05) is 20.3 Å². The maximum atomic E-state index is 8.60. The summed E-state index contributed by atoms with van der Waals surface area (Å²) in [6.07, 6.45) is 8.57. The Labute approximate surface area is 80.9 Å². The van der Waals surface area contributed by atoms with Gasteiger partial charge in [0.15, 0.2) is 0 Å². The molecule has 2 heteroatoms. The molecular weight excluding hydrogens is 162 g/mol. The van der Waals surface area contributed by atoms with Gasteiger partial charge in [-0.15, -0.1) is 0 Å². The lowest BCUT2D eigenvalue weighted by atomic mass is 9.77. The van der Waals surface area contributed by atoms with E-state index >= 15 is 0 Å². The third-order valence-corrected chi connectivity index (χ3v) is 3.15. The van der Waals surface area contributed by atoms with Gasteiger partial charge in [0, 0.05) is 0 Å². The van der Waals surface area contributed by atoms with Crippen molar-refractivity contribution < 1.29 is 4.74 Å². The highest BCUT2D eigenvalue weighted by molar-refractivity contribution is 4.88. The predicted octanol–water partition coefficient (Wildman–Crippen LogP) is 3.23. The molecule has 0 aliphatic heterocycles. The van der Waals surface area contributed by atoms with E-state index in [1.165, 1.54) is 12.8 Å². The first-order valence-corrected chi connectivity index (χ1v) is 5.29. The van der Waals surface area contributed by atoms with Crippen LogP contribution in [0.1, 0.15) is 52.4 Å². The molecule has 0 aromatic rings. The van der Waals surface area contributed by atoms with E-state index in [2.05, 4.69) is 13.8 Å². The summed E-state index contributed by atoms with van der Waals surface area (Å²) >= 11 is 0. The number of ether oxygens (including phenoxy) is 1. The maximum absolute atomic E-state index is 8.60. The second-order valence-electron chi connectivity index (χ2n) is 4.31. The summed E-state index contributed by atoms with van der Waals surface area (Å²) in [4.78, 5) is 0. The topological polar surface area (TPSA) is 33.0 Å². The lowest BCUT2D eigenvalue weighted by Gasteiger charge is -2.36. The standard InChI is InChI=1S/C11H19NO/c1-3-6-11(13-9-12)7-4-10(2)5-8-11/h10H,3-8H2,1-2H3. The molecule has 74 valence electrons. The Morgan fingerprint density at radius 3 is 2.54 bits per heavy atom. The molecule has 0 radical (unpaired) electrons. The molecule has 0 bridgehead atoms. The maximum Gasteiger partial charge on any atom is 0.286 e. The molecule has 0 aromatic carbocycles. The Balaban J connectivity index is 2.53. The van der Waals surface area contributed by atoms with Crippen LogP contribution in [0.2, 0.25) is 0 Å². The molecule has 1 aliphatic carbocycles. The van der Waals surface area contributed by atoms with Crippen LogP contribution in [0.25, 0.3) is 0 Å². The number of hydrogen-bond donors (Lipinski definition) is 0. The number of hydrogen-bond acceptors (Lipinski definition) is 2. The number of nitrogens with zero attached hydrogens (tertiary/aromatic N) is 1. The molecule has 0 N–H and O–H groups in total. The van der Waals surface area contributed by atoms with E-state index < -0.39 is 0 Å². The number of rotatable bonds is 3. The average Bonchev–Trinajstić information content (AvgIpc) is 2.11. The van der Waals surface area contributed by atoms with E-state index in [9.17, 15) is 0 Å². The summed E-state index contributed by atoms with van der Waals surface area (Å²) in [6.45, 7) is 4.43. The van der Waals surface area contributed by atoms with Crippen LogP contribution in [-0.4, -0.2) is 5.60 Å². The summed E-state index contributed by atoms with van der Waals surface area (Å²) in [5.41, 5.74) is -0.101. The third-order valence-electron chi connectivity index (χ3n) is 3.15. The molecule has 1 aliphatic rings. The lowest BCUT2D eigenvalue weighted by molar-refractivity contribution is -0.0180. The van der Waals surface area contributed by atoms with E-state index in [1.54, 1.807) is 0 Å². The summed E-state index contributed by atoms with van der Waals surface area (Å²) in [5, 5.41) is 8.60. The van der Waals surface area contributed by atoms with Gasteiger partial charge in [0.25, 0.3) is 6.26 Å². The van der Waals surface area contributed by atoms with E-state index in [-0.39, 0.29) is 5.60 Å². The van der Waals surface area contributed by atoms with E-state index in [0.717, 1.165) is 31.6 Å². The van der Waals surface area contributed by atoms with Gasteiger partial charge in [-0.25, -0.2) is 0 Å². The molecule has 0 amide bonds. The van der Waals surface area contributed by atoms with Crippen LogP contribution >= 0.6 is 0 Å². The number of nitriles is 1. The fourth-order valence-electron chi connectivity index (χ4n) is 2.24. The zero-order chi connectivity index (χ0) is 9.73. The molecule has 13 heavy (non-hydrogen) atoms. The zero-order valence-corrected chi connectivity index (χ0v) is 8.68. The van der Waals surface area contributed by atoms with Crippen molar-refractivity contribution in [3.63, 3.8) is 0 Å². The molecule has 0 spiro atoms. The van der Waals surface area contributed by atoms with Gasteiger partial charge in [0.1, 0.15) is 5.60 Å². The minimum atomic E-state index is -0.101. The van der Waals surface area contributed by atoms with Crippen LogP contribution in [-0.2, 0) is 4.74 Å². The van der Waals surface area contributed by atoms with Crippen LogP contribution in [0.3, 0.4) is 0 Å². The fourth-order valence-corrected chi connectivity index (χ4v) is 2.24. The minimum Gasteiger partial charge on any atom is -0.421 e. The molecule has 1 rings (SSSR count). The highest BCUT2D eigenvalue weighted by Crippen LogP contribution is 2.37. The molecule has 0 unspecified atom stereocenters. The van der Waals surface area contributed by atoms with E-state index in [0.29, 0.717) is 0 Å². The highest BCUT2D eigenvalue weighted by Gasteiger charge is 2.35. The Morgan fingerprint density at radius 2 is 2.08 bits per heavy atom. The van der Waals surface area contributed by atoms with Crippen LogP contribution < -0.4 is 0 Å². The third kappa shape index (κ3) is 2.62. The Kier molecular flexibility index (Phi) is 3.59. The van der Waals surface area contributed by atoms with Crippen molar-refractivity contribution in [2.45, 2.75) is 58.0 Å². The Bertz CT molecular complexity index is 187. The molecule has 0 saturated heterocycles. The molecule has 0 heterocycles. The Hall–Kier alpha value is -0.710. The smallest absolute Gasteiger partial charge is 0.286 e.